The van der Waals surface area contributed by atoms with Gasteiger partial charge in [-0.1, -0.05) is 48.4 Å². The van der Waals surface area contributed by atoms with Gasteiger partial charge in [-0.15, -0.1) is 0 Å². The molecule has 0 unspecified atom stereocenters. The minimum absolute atomic E-state index is 0.0211. The SMILES string of the molecule is [2H]c1c([2H])c([2H])c(/C=C/C(=O)c2cccc(OC)c2)c([2H])c1[2H]. The molecule has 2 aromatic rings. The summed E-state index contributed by atoms with van der Waals surface area (Å²) in [5.41, 5.74) is 0.361. The monoisotopic (exact) mass is 243 g/mol. The molecule has 90 valence electrons. The first-order chi connectivity index (χ1) is 10.9. The van der Waals surface area contributed by atoms with E-state index in [9.17, 15) is 4.79 Å². The molecule has 2 aromatic carbocycles. The second-order valence-corrected chi connectivity index (χ2v) is 3.47. The maximum absolute atomic E-state index is 12.1. The van der Waals surface area contributed by atoms with Crippen LogP contribution in [0.25, 0.3) is 6.08 Å². The highest BCUT2D eigenvalue weighted by Gasteiger charge is 2.02. The second kappa shape index (κ2) is 5.82. The zero-order valence-corrected chi connectivity index (χ0v) is 9.78. The largest absolute Gasteiger partial charge is 0.497 e. The standard InChI is InChI=1S/C16H14O2/c1-18-15-9-5-8-14(12-15)16(17)11-10-13-6-3-2-4-7-13/h2-12H,1H3/b11-10+/i2D,3D,4D,6D,7D. The molecule has 0 saturated carbocycles. The smallest absolute Gasteiger partial charge is 0.185 e. The Morgan fingerprint density at radius 3 is 2.78 bits per heavy atom. The van der Waals surface area contributed by atoms with E-state index >= 15 is 0 Å². The molecule has 0 aliphatic rings. The average Bonchev–Trinajstić information content (AvgIpc) is 2.58. The molecule has 0 aliphatic carbocycles. The predicted octanol–water partition coefficient (Wildman–Crippen LogP) is 3.59. The molecule has 18 heavy (non-hydrogen) atoms. The van der Waals surface area contributed by atoms with Crippen molar-refractivity contribution in [2.24, 2.45) is 0 Å². The summed E-state index contributed by atoms with van der Waals surface area (Å²) in [6, 6.07) is 4.54. The Kier molecular flexibility index (Phi) is 2.32. The van der Waals surface area contributed by atoms with E-state index < -0.39 is 18.1 Å². The molecule has 0 heterocycles. The number of allylic oxidation sites excluding steroid dienone is 1. The van der Waals surface area contributed by atoms with Gasteiger partial charge in [0.1, 0.15) is 5.75 Å². The van der Waals surface area contributed by atoms with Crippen LogP contribution in [-0.2, 0) is 0 Å². The minimum atomic E-state index is -0.462. The van der Waals surface area contributed by atoms with Crippen molar-refractivity contribution in [3.05, 3.63) is 71.7 Å². The van der Waals surface area contributed by atoms with Crippen LogP contribution in [0, 0.1) is 0 Å². The molecule has 0 fully saturated rings. The van der Waals surface area contributed by atoms with Crippen LogP contribution in [0.1, 0.15) is 22.8 Å². The topological polar surface area (TPSA) is 26.3 Å². The number of carbonyl (C=O) groups excluding carboxylic acids is 1. The van der Waals surface area contributed by atoms with Gasteiger partial charge in [-0.2, -0.15) is 0 Å². The van der Waals surface area contributed by atoms with Gasteiger partial charge in [-0.3, -0.25) is 4.79 Å². The maximum atomic E-state index is 12.1. The zero-order valence-electron chi connectivity index (χ0n) is 14.8. The number of ketones is 1. The lowest BCUT2D eigenvalue weighted by atomic mass is 10.1. The van der Waals surface area contributed by atoms with Gasteiger partial charge in [0, 0.05) is 5.56 Å². The van der Waals surface area contributed by atoms with E-state index in [1.165, 1.54) is 19.3 Å². The molecule has 0 atom stereocenters. The fraction of sp³-hybridized carbons (Fsp3) is 0.0625. The first-order valence-electron chi connectivity index (χ1n) is 7.80. The molecular weight excluding hydrogens is 224 g/mol. The van der Waals surface area contributed by atoms with Crippen LogP contribution >= 0.6 is 0 Å². The van der Waals surface area contributed by atoms with Crippen molar-refractivity contribution in [1.29, 1.82) is 0 Å². The molecule has 0 saturated heterocycles. The molecule has 0 aromatic heterocycles. The summed E-state index contributed by atoms with van der Waals surface area (Å²) in [5.74, 6) is 0.183. The zero-order chi connectivity index (χ0) is 17.1. The van der Waals surface area contributed by atoms with Crippen molar-refractivity contribution >= 4 is 11.9 Å². The Bertz CT molecular complexity index is 770. The van der Waals surface area contributed by atoms with E-state index in [4.69, 9.17) is 11.6 Å². The van der Waals surface area contributed by atoms with E-state index in [-0.39, 0.29) is 23.4 Å². The third kappa shape index (κ3) is 3.08. The Morgan fingerprint density at radius 2 is 2.06 bits per heavy atom. The number of methoxy groups -OCH3 is 1. The highest BCUT2D eigenvalue weighted by Crippen LogP contribution is 2.13. The summed E-state index contributed by atoms with van der Waals surface area (Å²) in [5, 5.41) is 0. The molecule has 0 N–H and O–H groups in total. The fourth-order valence-electron chi connectivity index (χ4n) is 1.37. The van der Waals surface area contributed by atoms with Crippen molar-refractivity contribution in [3.8, 4) is 5.75 Å². The van der Waals surface area contributed by atoms with Crippen LogP contribution in [0.2, 0.25) is 0 Å². The molecule has 0 aliphatic heterocycles. The lowest BCUT2D eigenvalue weighted by molar-refractivity contribution is 0.104. The van der Waals surface area contributed by atoms with Crippen LogP contribution in [0.4, 0.5) is 0 Å². The number of carbonyl (C=O) groups is 1. The summed E-state index contributed by atoms with van der Waals surface area (Å²) in [6.07, 6.45) is 2.42. The molecule has 0 spiro atoms. The van der Waals surface area contributed by atoms with Crippen LogP contribution < -0.4 is 4.74 Å². The van der Waals surface area contributed by atoms with Crippen molar-refractivity contribution in [2.45, 2.75) is 0 Å². The minimum Gasteiger partial charge on any atom is -0.497 e. The number of rotatable bonds is 4. The van der Waals surface area contributed by atoms with Crippen LogP contribution in [-0.4, -0.2) is 12.9 Å². The Hall–Kier alpha value is -2.35. The molecule has 0 radical (unpaired) electrons. The van der Waals surface area contributed by atoms with Crippen LogP contribution in [0.3, 0.4) is 0 Å². The van der Waals surface area contributed by atoms with Crippen LogP contribution in [0.5, 0.6) is 5.75 Å². The summed E-state index contributed by atoms with van der Waals surface area (Å²) >= 11 is 0. The van der Waals surface area contributed by atoms with E-state index in [0.29, 0.717) is 11.3 Å². The molecule has 0 amide bonds. The molecule has 0 bridgehead atoms. The Morgan fingerprint density at radius 1 is 1.28 bits per heavy atom. The summed E-state index contributed by atoms with van der Waals surface area (Å²) in [4.78, 5) is 12.1. The summed E-state index contributed by atoms with van der Waals surface area (Å²) in [6.45, 7) is 0. The third-order valence-electron chi connectivity index (χ3n) is 2.27. The van der Waals surface area contributed by atoms with E-state index in [0.717, 1.165) is 0 Å². The van der Waals surface area contributed by atoms with Gasteiger partial charge in [0.2, 0.25) is 0 Å². The Balaban J connectivity index is 2.39. The lowest BCUT2D eigenvalue weighted by Gasteiger charge is -2.01. The van der Waals surface area contributed by atoms with Crippen molar-refractivity contribution < 1.29 is 16.4 Å². The second-order valence-electron chi connectivity index (χ2n) is 3.47. The van der Waals surface area contributed by atoms with Crippen LogP contribution in [0.15, 0.2) is 60.6 Å². The van der Waals surface area contributed by atoms with Gasteiger partial charge < -0.3 is 4.74 Å². The van der Waals surface area contributed by atoms with Crippen molar-refractivity contribution in [2.75, 3.05) is 7.11 Å². The summed E-state index contributed by atoms with van der Waals surface area (Å²) < 4.78 is 43.4. The first kappa shape index (κ1) is 7.17. The summed E-state index contributed by atoms with van der Waals surface area (Å²) in [7, 11) is 1.49. The normalized spacial score (nSPS) is 14.4. The number of hydrogen-bond donors (Lipinski definition) is 0. The van der Waals surface area contributed by atoms with E-state index in [1.54, 1.807) is 24.3 Å². The van der Waals surface area contributed by atoms with Gasteiger partial charge in [0.15, 0.2) is 5.78 Å². The average molecular weight is 243 g/mol. The molecular formula is C16H14O2. The highest BCUT2D eigenvalue weighted by molar-refractivity contribution is 6.07. The number of hydrogen-bond acceptors (Lipinski definition) is 2. The van der Waals surface area contributed by atoms with Crippen molar-refractivity contribution in [3.63, 3.8) is 0 Å². The van der Waals surface area contributed by atoms with Gasteiger partial charge in [0.05, 0.1) is 14.0 Å². The number of ether oxygens (including phenoxy) is 1. The first-order valence-corrected chi connectivity index (χ1v) is 5.30. The Labute approximate surface area is 114 Å². The van der Waals surface area contributed by atoms with Gasteiger partial charge >= 0.3 is 0 Å². The maximum Gasteiger partial charge on any atom is 0.185 e. The highest BCUT2D eigenvalue weighted by atomic mass is 16.5. The van der Waals surface area contributed by atoms with Gasteiger partial charge in [0.25, 0.3) is 0 Å². The third-order valence-corrected chi connectivity index (χ3v) is 2.27. The van der Waals surface area contributed by atoms with E-state index in [1.807, 2.05) is 0 Å². The van der Waals surface area contributed by atoms with E-state index in [2.05, 4.69) is 0 Å². The molecule has 2 rings (SSSR count). The lowest BCUT2D eigenvalue weighted by Crippen LogP contribution is -1.94. The molecule has 2 nitrogen and oxygen atoms in total. The van der Waals surface area contributed by atoms with Gasteiger partial charge in [-0.25, -0.2) is 0 Å². The predicted molar refractivity (Wildman–Crippen MR) is 72.8 cm³/mol. The number of benzene rings is 2. The van der Waals surface area contributed by atoms with Gasteiger partial charge in [-0.05, 0) is 23.8 Å². The molecule has 2 heteroatoms. The fourth-order valence-corrected chi connectivity index (χ4v) is 1.37. The van der Waals surface area contributed by atoms with Crippen molar-refractivity contribution in [1.82, 2.24) is 0 Å². The quantitative estimate of drug-likeness (QED) is 0.606.